The van der Waals surface area contributed by atoms with Gasteiger partial charge in [-0.15, -0.1) is 22.0 Å². The predicted octanol–water partition coefficient (Wildman–Crippen LogP) is 4.73. The monoisotopic (exact) mass is 398 g/mol. The third kappa shape index (κ3) is 4.73. The van der Waals surface area contributed by atoms with E-state index in [1.807, 2.05) is 47.2 Å². The van der Waals surface area contributed by atoms with Gasteiger partial charge in [-0.2, -0.15) is 0 Å². The van der Waals surface area contributed by atoms with E-state index in [0.29, 0.717) is 0 Å². The van der Waals surface area contributed by atoms with Crippen molar-refractivity contribution in [3.05, 3.63) is 54.1 Å². The maximum atomic E-state index is 12.4. The highest BCUT2D eigenvalue weighted by atomic mass is 32.2. The van der Waals surface area contributed by atoms with Crippen LogP contribution in [0.25, 0.3) is 11.4 Å². The number of rotatable bonds is 7. The molecule has 5 nitrogen and oxygen atoms in total. The molecule has 1 N–H and O–H groups in total. The minimum absolute atomic E-state index is 0.0516. The smallest absolute Gasteiger partial charge is 0.234 e. The summed E-state index contributed by atoms with van der Waals surface area (Å²) in [4.78, 5) is 13.4. The normalized spacial score (nSPS) is 10.8. The largest absolute Gasteiger partial charge is 0.324 e. The molecule has 3 aromatic rings. The van der Waals surface area contributed by atoms with E-state index in [-0.39, 0.29) is 11.7 Å². The molecule has 0 saturated heterocycles. The van der Waals surface area contributed by atoms with Gasteiger partial charge in [-0.25, -0.2) is 0 Å². The molecule has 1 amide bonds. The Balaban J connectivity index is 1.70. The van der Waals surface area contributed by atoms with E-state index in [9.17, 15) is 4.79 Å². The minimum Gasteiger partial charge on any atom is -0.324 e. The van der Waals surface area contributed by atoms with Gasteiger partial charge in [0.2, 0.25) is 5.91 Å². The van der Waals surface area contributed by atoms with Crippen LogP contribution in [0.2, 0.25) is 0 Å². The summed E-state index contributed by atoms with van der Waals surface area (Å²) in [6.45, 7) is 4.86. The van der Waals surface area contributed by atoms with Crippen molar-refractivity contribution in [2.75, 3.05) is 17.3 Å². The summed E-state index contributed by atoms with van der Waals surface area (Å²) in [5.41, 5.74) is 3.06. The zero-order chi connectivity index (χ0) is 19.2. The predicted molar refractivity (Wildman–Crippen MR) is 113 cm³/mol. The zero-order valence-electron chi connectivity index (χ0n) is 15.6. The molecule has 140 valence electrons. The standard InChI is InChI=1S/C20H22N4OS2/c1-4-24-19(15-9-7-8-14(2)12-15)22-23-20(24)27-13-18(25)21-16-10-5-6-11-17(16)26-3/h5-12H,4,13H2,1-3H3,(H,21,25). The number of aromatic nitrogens is 3. The van der Waals surface area contributed by atoms with E-state index in [1.165, 1.54) is 17.3 Å². The molecule has 1 aromatic heterocycles. The quantitative estimate of drug-likeness (QED) is 0.583. The molecule has 0 aliphatic carbocycles. The first kappa shape index (κ1) is 19.5. The summed E-state index contributed by atoms with van der Waals surface area (Å²) >= 11 is 3.01. The first-order valence-corrected chi connectivity index (χ1v) is 10.9. The number of benzene rings is 2. The fraction of sp³-hybridized carbons (Fsp3) is 0.250. The van der Waals surface area contributed by atoms with Gasteiger partial charge in [0.05, 0.1) is 11.4 Å². The molecule has 7 heteroatoms. The lowest BCUT2D eigenvalue weighted by Gasteiger charge is -2.10. The lowest BCUT2D eigenvalue weighted by atomic mass is 10.1. The molecule has 2 aromatic carbocycles. The fourth-order valence-electron chi connectivity index (χ4n) is 2.74. The second-order valence-electron chi connectivity index (χ2n) is 5.96. The molecule has 3 rings (SSSR count). The third-order valence-electron chi connectivity index (χ3n) is 4.02. The van der Waals surface area contributed by atoms with E-state index in [4.69, 9.17) is 0 Å². The maximum Gasteiger partial charge on any atom is 0.234 e. The second kappa shape index (κ2) is 9.10. The Kier molecular flexibility index (Phi) is 6.58. The number of carbonyl (C=O) groups excluding carboxylic acids is 1. The molecule has 0 unspecified atom stereocenters. The Hall–Kier alpha value is -2.25. The summed E-state index contributed by atoms with van der Waals surface area (Å²) in [7, 11) is 0. The van der Waals surface area contributed by atoms with Gasteiger partial charge < -0.3 is 9.88 Å². The van der Waals surface area contributed by atoms with Crippen molar-refractivity contribution in [3.8, 4) is 11.4 Å². The number of amides is 1. The van der Waals surface area contributed by atoms with Gasteiger partial charge in [0, 0.05) is 17.0 Å². The van der Waals surface area contributed by atoms with E-state index in [2.05, 4.69) is 41.5 Å². The number of anilines is 1. The fourth-order valence-corrected chi connectivity index (χ4v) is 4.10. The number of aryl methyl sites for hydroxylation is 1. The van der Waals surface area contributed by atoms with Crippen molar-refractivity contribution in [2.45, 2.75) is 30.4 Å². The summed E-state index contributed by atoms with van der Waals surface area (Å²) in [6.07, 6.45) is 2.00. The van der Waals surface area contributed by atoms with Crippen LogP contribution in [0.3, 0.4) is 0 Å². The highest BCUT2D eigenvalue weighted by Gasteiger charge is 2.15. The van der Waals surface area contributed by atoms with Gasteiger partial charge in [-0.1, -0.05) is 47.7 Å². The number of carbonyl (C=O) groups is 1. The van der Waals surface area contributed by atoms with Gasteiger partial charge in [-0.05, 0) is 38.3 Å². The van der Waals surface area contributed by atoms with Crippen LogP contribution in [0.1, 0.15) is 12.5 Å². The maximum absolute atomic E-state index is 12.4. The van der Waals surface area contributed by atoms with Crippen molar-refractivity contribution >= 4 is 35.1 Å². The van der Waals surface area contributed by atoms with Crippen LogP contribution in [-0.2, 0) is 11.3 Å². The first-order chi connectivity index (χ1) is 13.1. The highest BCUT2D eigenvalue weighted by Crippen LogP contribution is 2.26. The van der Waals surface area contributed by atoms with E-state index in [1.54, 1.807) is 11.8 Å². The third-order valence-corrected chi connectivity index (χ3v) is 5.79. The summed E-state index contributed by atoms with van der Waals surface area (Å²) in [5.74, 6) is 1.07. The molecule has 0 atom stereocenters. The lowest BCUT2D eigenvalue weighted by molar-refractivity contribution is -0.113. The number of para-hydroxylation sites is 1. The molecule has 0 radical (unpaired) electrons. The minimum atomic E-state index is -0.0516. The average molecular weight is 399 g/mol. The SMILES string of the molecule is CCn1c(SCC(=O)Nc2ccccc2SC)nnc1-c1cccc(C)c1. The van der Waals surface area contributed by atoms with Crippen LogP contribution >= 0.6 is 23.5 Å². The van der Waals surface area contributed by atoms with Gasteiger partial charge in [0.1, 0.15) is 0 Å². The molecule has 0 saturated carbocycles. The van der Waals surface area contributed by atoms with Gasteiger partial charge in [0.15, 0.2) is 11.0 Å². The first-order valence-electron chi connectivity index (χ1n) is 8.68. The average Bonchev–Trinajstić information content (AvgIpc) is 3.09. The number of nitrogens with one attached hydrogen (secondary N) is 1. The van der Waals surface area contributed by atoms with Gasteiger partial charge in [-0.3, -0.25) is 4.79 Å². The highest BCUT2D eigenvalue weighted by molar-refractivity contribution is 7.99. The van der Waals surface area contributed by atoms with Gasteiger partial charge in [0.25, 0.3) is 0 Å². The van der Waals surface area contributed by atoms with Crippen LogP contribution in [0, 0.1) is 6.92 Å². The Labute approximate surface area is 168 Å². The molecule has 0 aliphatic heterocycles. The molecular formula is C20H22N4OS2. The number of thioether (sulfide) groups is 2. The Morgan fingerprint density at radius 3 is 2.70 bits per heavy atom. The van der Waals surface area contributed by atoms with E-state index in [0.717, 1.165) is 33.7 Å². The van der Waals surface area contributed by atoms with Crippen LogP contribution in [-0.4, -0.2) is 32.7 Å². The number of nitrogens with zero attached hydrogens (tertiary/aromatic N) is 3. The van der Waals surface area contributed by atoms with Crippen LogP contribution in [0.15, 0.2) is 58.6 Å². The van der Waals surface area contributed by atoms with Gasteiger partial charge >= 0.3 is 0 Å². The second-order valence-corrected chi connectivity index (χ2v) is 7.75. The molecule has 0 spiro atoms. The van der Waals surface area contributed by atoms with E-state index >= 15 is 0 Å². The Bertz CT molecular complexity index is 939. The Morgan fingerprint density at radius 2 is 1.96 bits per heavy atom. The van der Waals surface area contributed by atoms with Crippen molar-refractivity contribution in [2.24, 2.45) is 0 Å². The summed E-state index contributed by atoms with van der Waals surface area (Å²) in [6, 6.07) is 16.0. The van der Waals surface area contributed by atoms with Crippen molar-refractivity contribution in [3.63, 3.8) is 0 Å². The Morgan fingerprint density at radius 1 is 1.15 bits per heavy atom. The number of hydrogen-bond donors (Lipinski definition) is 1. The molecule has 0 fully saturated rings. The molecule has 27 heavy (non-hydrogen) atoms. The molecule has 0 bridgehead atoms. The van der Waals surface area contributed by atoms with Crippen LogP contribution in [0.4, 0.5) is 5.69 Å². The van der Waals surface area contributed by atoms with Crippen LogP contribution < -0.4 is 5.32 Å². The van der Waals surface area contributed by atoms with Crippen molar-refractivity contribution < 1.29 is 4.79 Å². The lowest BCUT2D eigenvalue weighted by Crippen LogP contribution is -2.15. The molecule has 0 aliphatic rings. The molecule has 1 heterocycles. The summed E-state index contributed by atoms with van der Waals surface area (Å²) in [5, 5.41) is 12.4. The zero-order valence-corrected chi connectivity index (χ0v) is 17.2. The number of hydrogen-bond acceptors (Lipinski definition) is 5. The topological polar surface area (TPSA) is 59.8 Å². The van der Waals surface area contributed by atoms with Crippen molar-refractivity contribution in [1.29, 1.82) is 0 Å². The van der Waals surface area contributed by atoms with Crippen molar-refractivity contribution in [1.82, 2.24) is 14.8 Å². The summed E-state index contributed by atoms with van der Waals surface area (Å²) < 4.78 is 2.04. The van der Waals surface area contributed by atoms with E-state index < -0.39 is 0 Å². The van der Waals surface area contributed by atoms with Crippen LogP contribution in [0.5, 0.6) is 0 Å². The molecular weight excluding hydrogens is 376 g/mol.